The highest BCUT2D eigenvalue weighted by atomic mass is 19.1. The minimum absolute atomic E-state index is 0.376. The molecule has 0 N–H and O–H groups in total. The average Bonchev–Trinajstić information content (AvgIpc) is 2.64. The van der Waals surface area contributed by atoms with Gasteiger partial charge in [-0.1, -0.05) is 60.7 Å². The molecule has 0 aliphatic carbocycles. The normalized spacial score (nSPS) is 11.7. The fourth-order valence-corrected chi connectivity index (χ4v) is 2.57. The molecule has 0 aliphatic rings. The number of halogens is 1. The van der Waals surface area contributed by atoms with Crippen LogP contribution in [0.1, 0.15) is 22.6 Å². The molecule has 0 bridgehead atoms. The second-order valence-corrected chi connectivity index (χ2v) is 5.48. The third kappa shape index (κ3) is 3.69. The topological polar surface area (TPSA) is 26.3 Å². The van der Waals surface area contributed by atoms with Gasteiger partial charge in [-0.2, -0.15) is 0 Å². The molecule has 1 atom stereocenters. The van der Waals surface area contributed by atoms with Crippen molar-refractivity contribution in [2.45, 2.75) is 12.5 Å². The molecule has 3 heteroatoms. The number of benzene rings is 3. The molecular formula is C21H17FO2. The van der Waals surface area contributed by atoms with Crippen molar-refractivity contribution in [2.24, 2.45) is 0 Å². The average molecular weight is 320 g/mol. The van der Waals surface area contributed by atoms with Crippen molar-refractivity contribution in [1.29, 1.82) is 0 Å². The largest absolute Gasteiger partial charge is 0.489 e. The highest BCUT2D eigenvalue weighted by molar-refractivity contribution is 5.68. The predicted molar refractivity (Wildman–Crippen MR) is 91.5 cm³/mol. The lowest BCUT2D eigenvalue weighted by atomic mass is 9.92. The first-order valence-electron chi connectivity index (χ1n) is 7.74. The molecule has 0 fully saturated rings. The maximum Gasteiger partial charge on any atom is 0.131 e. The van der Waals surface area contributed by atoms with Gasteiger partial charge >= 0.3 is 0 Å². The highest BCUT2D eigenvalue weighted by Gasteiger charge is 2.16. The van der Waals surface area contributed by atoms with Crippen molar-refractivity contribution in [3.8, 4) is 5.75 Å². The summed E-state index contributed by atoms with van der Waals surface area (Å²) in [5.41, 5.74) is 2.20. The fourth-order valence-electron chi connectivity index (χ4n) is 2.57. The molecule has 0 heterocycles. The van der Waals surface area contributed by atoms with Crippen molar-refractivity contribution in [1.82, 2.24) is 0 Å². The molecule has 0 aromatic heterocycles. The maximum atomic E-state index is 13.9. The van der Waals surface area contributed by atoms with E-state index in [2.05, 4.69) is 0 Å². The van der Waals surface area contributed by atoms with Gasteiger partial charge < -0.3 is 9.53 Å². The van der Waals surface area contributed by atoms with Gasteiger partial charge in [0.2, 0.25) is 0 Å². The van der Waals surface area contributed by atoms with Crippen LogP contribution in [0.25, 0.3) is 0 Å². The lowest BCUT2D eigenvalue weighted by Crippen LogP contribution is -2.05. The number of rotatable bonds is 6. The van der Waals surface area contributed by atoms with Crippen LogP contribution in [0.3, 0.4) is 0 Å². The zero-order valence-electron chi connectivity index (χ0n) is 13.1. The molecule has 0 saturated heterocycles. The summed E-state index contributed by atoms with van der Waals surface area (Å²) in [6, 6.07) is 23.4. The van der Waals surface area contributed by atoms with Crippen LogP contribution in [-0.4, -0.2) is 6.29 Å². The lowest BCUT2D eigenvalue weighted by Gasteiger charge is -2.13. The molecule has 0 spiro atoms. The van der Waals surface area contributed by atoms with E-state index in [1.807, 2.05) is 30.3 Å². The van der Waals surface area contributed by atoms with Gasteiger partial charge in [0, 0.05) is 5.56 Å². The Hall–Kier alpha value is -2.94. The van der Waals surface area contributed by atoms with E-state index in [9.17, 15) is 9.18 Å². The van der Waals surface area contributed by atoms with Gasteiger partial charge in [-0.05, 0) is 29.3 Å². The van der Waals surface area contributed by atoms with Crippen LogP contribution in [0, 0.1) is 5.82 Å². The molecule has 120 valence electrons. The van der Waals surface area contributed by atoms with Crippen molar-refractivity contribution < 1.29 is 13.9 Å². The SMILES string of the molecule is O=CC(c1ccc(OCc2ccccc2)cc1)c1ccccc1F. The molecule has 0 amide bonds. The molecule has 1 unspecified atom stereocenters. The minimum Gasteiger partial charge on any atom is -0.489 e. The van der Waals surface area contributed by atoms with Crippen LogP contribution in [-0.2, 0) is 11.4 Å². The molecule has 24 heavy (non-hydrogen) atoms. The quantitative estimate of drug-likeness (QED) is 0.613. The molecule has 2 nitrogen and oxygen atoms in total. The molecule has 3 rings (SSSR count). The lowest BCUT2D eigenvalue weighted by molar-refractivity contribution is -0.108. The summed E-state index contributed by atoms with van der Waals surface area (Å²) in [5, 5.41) is 0. The van der Waals surface area contributed by atoms with Gasteiger partial charge in [0.05, 0.1) is 5.92 Å². The molecule has 3 aromatic carbocycles. The second kappa shape index (κ2) is 7.55. The Morgan fingerprint density at radius 2 is 1.54 bits per heavy atom. The molecule has 0 radical (unpaired) electrons. The zero-order chi connectivity index (χ0) is 16.8. The summed E-state index contributed by atoms with van der Waals surface area (Å²) in [6.07, 6.45) is 0.762. The van der Waals surface area contributed by atoms with Crippen LogP contribution < -0.4 is 4.74 Å². The van der Waals surface area contributed by atoms with E-state index in [1.54, 1.807) is 42.5 Å². The summed E-state index contributed by atoms with van der Waals surface area (Å²) < 4.78 is 19.6. The van der Waals surface area contributed by atoms with Gasteiger partial charge in [0.25, 0.3) is 0 Å². The first-order valence-corrected chi connectivity index (χ1v) is 7.74. The Bertz CT molecular complexity index is 798. The van der Waals surface area contributed by atoms with Gasteiger partial charge in [-0.3, -0.25) is 0 Å². The number of ether oxygens (including phenoxy) is 1. The third-order valence-electron chi connectivity index (χ3n) is 3.86. The van der Waals surface area contributed by atoms with Gasteiger partial charge in [0.1, 0.15) is 24.5 Å². The third-order valence-corrected chi connectivity index (χ3v) is 3.86. The molecule has 0 aliphatic heterocycles. The Kier molecular flexibility index (Phi) is 5.02. The minimum atomic E-state index is -0.616. The Labute approximate surface area is 140 Å². The van der Waals surface area contributed by atoms with E-state index >= 15 is 0 Å². The summed E-state index contributed by atoms with van der Waals surface area (Å²) in [7, 11) is 0. The zero-order valence-corrected chi connectivity index (χ0v) is 13.1. The monoisotopic (exact) mass is 320 g/mol. The number of aldehydes is 1. The molecular weight excluding hydrogens is 303 g/mol. The van der Waals surface area contributed by atoms with E-state index in [0.29, 0.717) is 17.9 Å². The molecule has 3 aromatic rings. The van der Waals surface area contributed by atoms with Gasteiger partial charge in [-0.15, -0.1) is 0 Å². The van der Waals surface area contributed by atoms with Gasteiger partial charge in [0.15, 0.2) is 0 Å². The molecule has 0 saturated carbocycles. The number of hydrogen-bond acceptors (Lipinski definition) is 2. The number of carbonyl (C=O) groups excluding carboxylic acids is 1. The van der Waals surface area contributed by atoms with Crippen LogP contribution >= 0.6 is 0 Å². The van der Waals surface area contributed by atoms with E-state index < -0.39 is 5.92 Å². The standard InChI is InChI=1S/C21H17FO2/c22-21-9-5-4-8-19(21)20(14-23)17-10-12-18(13-11-17)24-15-16-6-2-1-3-7-16/h1-14,20H,15H2. The van der Waals surface area contributed by atoms with E-state index in [-0.39, 0.29) is 5.82 Å². The number of hydrogen-bond donors (Lipinski definition) is 0. The van der Waals surface area contributed by atoms with Crippen molar-refractivity contribution in [2.75, 3.05) is 0 Å². The Balaban J connectivity index is 1.73. The van der Waals surface area contributed by atoms with Crippen molar-refractivity contribution in [3.05, 3.63) is 101 Å². The maximum absolute atomic E-state index is 13.9. The Morgan fingerprint density at radius 1 is 0.875 bits per heavy atom. The van der Waals surface area contributed by atoms with Crippen LogP contribution in [0.5, 0.6) is 5.75 Å². The Morgan fingerprint density at radius 3 is 2.21 bits per heavy atom. The van der Waals surface area contributed by atoms with Crippen LogP contribution in [0.15, 0.2) is 78.9 Å². The summed E-state index contributed by atoms with van der Waals surface area (Å²) in [5.74, 6) is -0.283. The highest BCUT2D eigenvalue weighted by Crippen LogP contribution is 2.26. The van der Waals surface area contributed by atoms with E-state index in [4.69, 9.17) is 4.74 Å². The summed E-state index contributed by atoms with van der Waals surface area (Å²) in [6.45, 7) is 0.477. The summed E-state index contributed by atoms with van der Waals surface area (Å²) in [4.78, 5) is 11.5. The number of carbonyl (C=O) groups is 1. The first-order chi connectivity index (χ1) is 11.8. The van der Waals surface area contributed by atoms with Crippen molar-refractivity contribution >= 4 is 6.29 Å². The summed E-state index contributed by atoms with van der Waals surface area (Å²) >= 11 is 0. The van der Waals surface area contributed by atoms with Crippen LogP contribution in [0.2, 0.25) is 0 Å². The first kappa shape index (κ1) is 15.9. The van der Waals surface area contributed by atoms with Gasteiger partial charge in [-0.25, -0.2) is 4.39 Å². The smallest absolute Gasteiger partial charge is 0.131 e. The van der Waals surface area contributed by atoms with E-state index in [0.717, 1.165) is 17.4 Å². The van der Waals surface area contributed by atoms with E-state index in [1.165, 1.54) is 6.07 Å². The van der Waals surface area contributed by atoms with Crippen molar-refractivity contribution in [3.63, 3.8) is 0 Å². The van der Waals surface area contributed by atoms with Crippen LogP contribution in [0.4, 0.5) is 4.39 Å². The second-order valence-electron chi connectivity index (χ2n) is 5.48. The fraction of sp³-hybridized carbons (Fsp3) is 0.0952. The predicted octanol–water partition coefficient (Wildman–Crippen LogP) is 4.74.